The second kappa shape index (κ2) is 11.6. The van der Waals surface area contributed by atoms with Crippen molar-refractivity contribution >= 4 is 10.9 Å². The lowest BCUT2D eigenvalue weighted by Gasteiger charge is -2.30. The lowest BCUT2D eigenvalue weighted by Crippen LogP contribution is -2.32. The lowest BCUT2D eigenvalue weighted by molar-refractivity contribution is 0.159. The number of nitrogens with one attached hydrogen (secondary N) is 1. The SMILES string of the molecule is CC[C@H](c1nnnn1Cc1ccccc1)N(Cc1ccccc1OC)Cc1cc2cc(C)c(C)cc2[nH]c1=O. The number of benzene rings is 3. The molecule has 5 aromatic rings. The van der Waals surface area contributed by atoms with Crippen LogP contribution in [0.5, 0.6) is 5.75 Å². The quantitative estimate of drug-likeness (QED) is 0.266. The van der Waals surface area contributed by atoms with E-state index < -0.39 is 0 Å². The molecule has 0 fully saturated rings. The van der Waals surface area contributed by atoms with Crippen molar-refractivity contribution in [2.45, 2.75) is 52.9 Å². The van der Waals surface area contributed by atoms with Gasteiger partial charge in [0.25, 0.3) is 5.56 Å². The van der Waals surface area contributed by atoms with E-state index >= 15 is 0 Å². The van der Waals surface area contributed by atoms with Crippen LogP contribution in [-0.2, 0) is 19.6 Å². The van der Waals surface area contributed by atoms with Gasteiger partial charge in [-0.3, -0.25) is 9.69 Å². The number of fused-ring (bicyclic) bond motifs is 1. The first-order valence-corrected chi connectivity index (χ1v) is 13.3. The van der Waals surface area contributed by atoms with Crippen LogP contribution in [0.25, 0.3) is 10.9 Å². The number of aromatic nitrogens is 5. The Kier molecular flexibility index (Phi) is 7.84. The summed E-state index contributed by atoms with van der Waals surface area (Å²) in [5, 5.41) is 13.8. The van der Waals surface area contributed by atoms with Crippen molar-refractivity contribution < 1.29 is 4.74 Å². The fourth-order valence-corrected chi connectivity index (χ4v) is 5.11. The van der Waals surface area contributed by atoms with Crippen LogP contribution in [0.1, 0.15) is 53.0 Å². The molecule has 39 heavy (non-hydrogen) atoms. The van der Waals surface area contributed by atoms with Gasteiger partial charge in [-0.15, -0.1) is 5.10 Å². The molecule has 2 aromatic heterocycles. The van der Waals surface area contributed by atoms with Crippen molar-refractivity contribution in [2.24, 2.45) is 0 Å². The van der Waals surface area contributed by atoms with Crippen LogP contribution in [-0.4, -0.2) is 37.2 Å². The third kappa shape index (κ3) is 5.76. The standard InChI is InChI=1S/C31H34N6O2/c1-5-28(30-33-34-35-37(30)18-23-11-7-6-8-12-23)36(19-24-13-9-10-14-29(24)39-4)20-26-17-25-15-21(2)22(3)16-27(25)32-31(26)38/h6-17,28H,5,18-20H2,1-4H3,(H,32,38)/t28-/m1/s1. The molecule has 200 valence electrons. The number of hydrogen-bond donors (Lipinski definition) is 1. The average Bonchev–Trinajstić information content (AvgIpc) is 3.39. The molecule has 0 bridgehead atoms. The minimum absolute atomic E-state index is 0.0884. The molecule has 1 atom stereocenters. The van der Waals surface area contributed by atoms with Crippen molar-refractivity contribution in [2.75, 3.05) is 7.11 Å². The molecular weight excluding hydrogens is 488 g/mol. The highest BCUT2D eigenvalue weighted by Gasteiger charge is 2.27. The number of hydrogen-bond acceptors (Lipinski definition) is 6. The van der Waals surface area contributed by atoms with Gasteiger partial charge in [0.15, 0.2) is 5.82 Å². The lowest BCUT2D eigenvalue weighted by atomic mass is 10.0. The van der Waals surface area contributed by atoms with E-state index in [-0.39, 0.29) is 11.6 Å². The number of rotatable bonds is 10. The predicted molar refractivity (Wildman–Crippen MR) is 153 cm³/mol. The summed E-state index contributed by atoms with van der Waals surface area (Å²) in [6.07, 6.45) is 0.758. The van der Waals surface area contributed by atoms with Crippen LogP contribution in [0.3, 0.4) is 0 Å². The van der Waals surface area contributed by atoms with Crippen molar-refractivity contribution in [1.29, 1.82) is 0 Å². The molecule has 2 heterocycles. The number of aryl methyl sites for hydroxylation is 2. The average molecular weight is 523 g/mol. The molecule has 3 aromatic carbocycles. The van der Waals surface area contributed by atoms with Gasteiger partial charge in [0, 0.05) is 29.7 Å². The molecule has 0 amide bonds. The van der Waals surface area contributed by atoms with Gasteiger partial charge in [-0.05, 0) is 77.0 Å². The monoisotopic (exact) mass is 522 g/mol. The van der Waals surface area contributed by atoms with Gasteiger partial charge >= 0.3 is 0 Å². The molecule has 8 heteroatoms. The molecule has 8 nitrogen and oxygen atoms in total. The molecule has 0 aliphatic carbocycles. The summed E-state index contributed by atoms with van der Waals surface area (Å²) in [6.45, 7) is 7.82. The minimum Gasteiger partial charge on any atom is -0.496 e. The number of nitrogens with zero attached hydrogens (tertiary/aromatic N) is 5. The Morgan fingerprint density at radius 3 is 2.44 bits per heavy atom. The van der Waals surface area contributed by atoms with E-state index in [1.807, 2.05) is 53.2 Å². The topological polar surface area (TPSA) is 88.9 Å². The van der Waals surface area contributed by atoms with Crippen molar-refractivity contribution in [3.05, 3.63) is 117 Å². The molecule has 0 saturated heterocycles. The van der Waals surface area contributed by atoms with Crippen LogP contribution >= 0.6 is 0 Å². The van der Waals surface area contributed by atoms with E-state index in [0.29, 0.717) is 25.2 Å². The number of ether oxygens (including phenoxy) is 1. The molecule has 0 spiro atoms. The third-order valence-corrected chi connectivity index (χ3v) is 7.34. The van der Waals surface area contributed by atoms with E-state index in [2.05, 4.69) is 70.4 Å². The first-order chi connectivity index (χ1) is 19.0. The van der Waals surface area contributed by atoms with Crippen molar-refractivity contribution in [1.82, 2.24) is 30.1 Å². The Morgan fingerprint density at radius 1 is 0.949 bits per heavy atom. The summed E-state index contributed by atoms with van der Waals surface area (Å²) in [4.78, 5) is 18.7. The highest BCUT2D eigenvalue weighted by atomic mass is 16.5. The molecule has 0 aliphatic heterocycles. The van der Waals surface area contributed by atoms with Crippen LogP contribution in [0, 0.1) is 13.8 Å². The van der Waals surface area contributed by atoms with Gasteiger partial charge in [-0.25, -0.2) is 4.68 Å². The Bertz CT molecular complexity index is 1630. The minimum atomic E-state index is -0.136. The Balaban J connectivity index is 1.55. The Morgan fingerprint density at radius 2 is 1.67 bits per heavy atom. The van der Waals surface area contributed by atoms with E-state index in [1.165, 1.54) is 5.56 Å². The van der Waals surface area contributed by atoms with E-state index in [1.54, 1.807) is 7.11 Å². The summed E-state index contributed by atoms with van der Waals surface area (Å²) in [5.74, 6) is 1.57. The number of pyridine rings is 1. The van der Waals surface area contributed by atoms with Crippen molar-refractivity contribution in [3.63, 3.8) is 0 Å². The molecule has 5 rings (SSSR count). The van der Waals surface area contributed by atoms with Crippen LogP contribution < -0.4 is 10.3 Å². The first-order valence-electron chi connectivity index (χ1n) is 13.3. The Hall–Kier alpha value is -4.30. The molecule has 0 radical (unpaired) electrons. The predicted octanol–water partition coefficient (Wildman–Crippen LogP) is 5.34. The zero-order chi connectivity index (χ0) is 27.4. The van der Waals surface area contributed by atoms with Gasteiger partial charge in [-0.1, -0.05) is 55.5 Å². The summed E-state index contributed by atoms with van der Waals surface area (Å²) >= 11 is 0. The zero-order valence-corrected chi connectivity index (χ0v) is 22.9. The van der Waals surface area contributed by atoms with E-state index in [9.17, 15) is 4.79 Å². The number of tetrazole rings is 1. The fraction of sp³-hybridized carbons (Fsp3) is 0.290. The second-order valence-electron chi connectivity index (χ2n) is 9.97. The third-order valence-electron chi connectivity index (χ3n) is 7.34. The molecule has 0 saturated carbocycles. The largest absolute Gasteiger partial charge is 0.496 e. The summed E-state index contributed by atoms with van der Waals surface area (Å²) < 4.78 is 7.53. The highest BCUT2D eigenvalue weighted by Crippen LogP contribution is 2.29. The van der Waals surface area contributed by atoms with E-state index in [4.69, 9.17) is 4.74 Å². The maximum absolute atomic E-state index is 13.3. The van der Waals surface area contributed by atoms with Gasteiger partial charge in [-0.2, -0.15) is 0 Å². The van der Waals surface area contributed by atoms with E-state index in [0.717, 1.165) is 45.6 Å². The maximum atomic E-state index is 13.3. The number of H-pyrrole nitrogens is 1. The van der Waals surface area contributed by atoms with Crippen LogP contribution in [0.4, 0.5) is 0 Å². The van der Waals surface area contributed by atoms with Crippen LogP contribution in [0.2, 0.25) is 0 Å². The molecule has 0 unspecified atom stereocenters. The van der Waals surface area contributed by atoms with Crippen molar-refractivity contribution in [3.8, 4) is 5.75 Å². The zero-order valence-electron chi connectivity index (χ0n) is 22.9. The normalized spacial score (nSPS) is 12.2. The van der Waals surface area contributed by atoms with Gasteiger partial charge < -0.3 is 9.72 Å². The molecule has 1 N–H and O–H groups in total. The van der Waals surface area contributed by atoms with Crippen LogP contribution in [0.15, 0.2) is 77.6 Å². The number of aromatic amines is 1. The summed E-state index contributed by atoms with van der Waals surface area (Å²) in [6, 6.07) is 24.2. The summed E-state index contributed by atoms with van der Waals surface area (Å²) in [5.41, 5.74) is 5.95. The smallest absolute Gasteiger partial charge is 0.252 e. The maximum Gasteiger partial charge on any atom is 0.252 e. The molecular formula is C31H34N6O2. The Labute approximate surface area is 228 Å². The highest BCUT2D eigenvalue weighted by molar-refractivity contribution is 5.80. The number of para-hydroxylation sites is 1. The van der Waals surface area contributed by atoms with Gasteiger partial charge in [0.2, 0.25) is 0 Å². The van der Waals surface area contributed by atoms with Gasteiger partial charge in [0.05, 0.1) is 19.7 Å². The first kappa shape index (κ1) is 26.3. The fourth-order valence-electron chi connectivity index (χ4n) is 5.11. The summed E-state index contributed by atoms with van der Waals surface area (Å²) in [7, 11) is 1.68. The molecule has 0 aliphatic rings. The number of methoxy groups -OCH3 is 1. The van der Waals surface area contributed by atoms with Gasteiger partial charge in [0.1, 0.15) is 5.75 Å². The second-order valence-corrected chi connectivity index (χ2v) is 9.97.